The van der Waals surface area contributed by atoms with E-state index >= 15 is 0 Å². The first kappa shape index (κ1) is 22.5. The molecule has 1 aliphatic rings. The fourth-order valence-corrected chi connectivity index (χ4v) is 4.95. The molecule has 1 aromatic carbocycles. The summed E-state index contributed by atoms with van der Waals surface area (Å²) in [4.78, 5) is 29.0. The number of carbonyl (C=O) groups is 2. The maximum atomic E-state index is 13.3. The van der Waals surface area contributed by atoms with Gasteiger partial charge in [0.05, 0.1) is 5.41 Å². The van der Waals surface area contributed by atoms with Crippen LogP contribution in [-0.4, -0.2) is 35.8 Å². The second kappa shape index (κ2) is 9.78. The Hall–Kier alpha value is -2.14. The van der Waals surface area contributed by atoms with Crippen molar-refractivity contribution in [2.24, 2.45) is 11.3 Å². The van der Waals surface area contributed by atoms with Crippen molar-refractivity contribution in [1.29, 1.82) is 0 Å². The number of amides is 2. The first-order chi connectivity index (χ1) is 14.3. The number of piperidine rings is 1. The first-order valence-electron chi connectivity index (χ1n) is 11.0. The van der Waals surface area contributed by atoms with Crippen LogP contribution in [0.4, 0.5) is 0 Å². The molecule has 0 aliphatic carbocycles. The minimum atomic E-state index is -0.465. The van der Waals surface area contributed by atoms with Crippen LogP contribution in [0.3, 0.4) is 0 Å². The van der Waals surface area contributed by atoms with Gasteiger partial charge in [-0.1, -0.05) is 44.2 Å². The highest BCUT2D eigenvalue weighted by atomic mass is 32.1. The van der Waals surface area contributed by atoms with Gasteiger partial charge in [0.25, 0.3) is 0 Å². The maximum absolute atomic E-state index is 13.3. The van der Waals surface area contributed by atoms with Gasteiger partial charge in [-0.15, -0.1) is 11.3 Å². The number of nitrogens with one attached hydrogen (secondary N) is 1. The van der Waals surface area contributed by atoms with E-state index in [9.17, 15) is 9.59 Å². The van der Waals surface area contributed by atoms with Gasteiger partial charge in [-0.05, 0) is 61.6 Å². The van der Waals surface area contributed by atoms with Gasteiger partial charge < -0.3 is 10.2 Å². The molecule has 1 aliphatic heterocycles. The zero-order valence-corrected chi connectivity index (χ0v) is 19.4. The summed E-state index contributed by atoms with van der Waals surface area (Å²) in [6.07, 6.45) is 2.70. The third-order valence-electron chi connectivity index (χ3n) is 5.83. The summed E-state index contributed by atoms with van der Waals surface area (Å²) in [6, 6.07) is 12.8. The molecule has 0 spiro atoms. The monoisotopic (exact) mass is 426 g/mol. The van der Waals surface area contributed by atoms with Crippen LogP contribution in [0.5, 0.6) is 0 Å². The van der Waals surface area contributed by atoms with E-state index in [1.165, 1.54) is 16.0 Å². The Morgan fingerprint density at radius 1 is 1.10 bits per heavy atom. The van der Waals surface area contributed by atoms with Gasteiger partial charge in [-0.2, -0.15) is 0 Å². The molecule has 4 nitrogen and oxygen atoms in total. The molecule has 0 bridgehead atoms. The molecule has 1 aromatic heterocycles. The van der Waals surface area contributed by atoms with E-state index in [2.05, 4.69) is 60.9 Å². The molecular weight excluding hydrogens is 392 g/mol. The lowest BCUT2D eigenvalue weighted by molar-refractivity contribution is -0.141. The highest BCUT2D eigenvalue weighted by molar-refractivity contribution is 7.13. The third-order valence-corrected chi connectivity index (χ3v) is 6.75. The van der Waals surface area contributed by atoms with Crippen molar-refractivity contribution in [3.05, 3.63) is 47.3 Å². The number of thiophene rings is 1. The number of carbonyl (C=O) groups excluding carboxylic acids is 2. The number of likely N-dealkylation sites (tertiary alicyclic amines) is 1. The van der Waals surface area contributed by atoms with Crippen molar-refractivity contribution in [2.45, 2.75) is 59.4 Å². The highest BCUT2D eigenvalue weighted by Gasteiger charge is 2.42. The van der Waals surface area contributed by atoms with Gasteiger partial charge in [-0.3, -0.25) is 9.59 Å². The molecule has 0 saturated carbocycles. The summed E-state index contributed by atoms with van der Waals surface area (Å²) < 4.78 is 0. The molecule has 0 radical (unpaired) electrons. The van der Waals surface area contributed by atoms with E-state index in [1.807, 2.05) is 18.7 Å². The predicted molar refractivity (Wildman–Crippen MR) is 124 cm³/mol. The van der Waals surface area contributed by atoms with E-state index in [1.54, 1.807) is 11.3 Å². The Morgan fingerprint density at radius 3 is 2.43 bits per heavy atom. The van der Waals surface area contributed by atoms with Gasteiger partial charge >= 0.3 is 0 Å². The van der Waals surface area contributed by atoms with Gasteiger partial charge in [-0.25, -0.2) is 0 Å². The van der Waals surface area contributed by atoms with Crippen LogP contribution in [0.1, 0.15) is 52.5 Å². The van der Waals surface area contributed by atoms with Crippen molar-refractivity contribution in [2.75, 3.05) is 13.1 Å². The molecule has 0 unspecified atom stereocenters. The second-order valence-corrected chi connectivity index (χ2v) is 10.2. The minimum Gasteiger partial charge on any atom is -0.353 e. The van der Waals surface area contributed by atoms with Crippen LogP contribution in [0.15, 0.2) is 41.8 Å². The molecule has 30 heavy (non-hydrogen) atoms. The van der Waals surface area contributed by atoms with Crippen LogP contribution >= 0.6 is 11.3 Å². The average molecular weight is 427 g/mol. The van der Waals surface area contributed by atoms with Crippen molar-refractivity contribution in [3.8, 4) is 10.4 Å². The maximum Gasteiger partial charge on any atom is 0.226 e. The van der Waals surface area contributed by atoms with E-state index in [0.717, 1.165) is 0 Å². The normalized spacial score (nSPS) is 16.1. The smallest absolute Gasteiger partial charge is 0.226 e. The molecular formula is C25H34N2O2S. The van der Waals surface area contributed by atoms with Crippen LogP contribution in [0, 0.1) is 11.3 Å². The van der Waals surface area contributed by atoms with Gasteiger partial charge in [0, 0.05) is 30.4 Å². The van der Waals surface area contributed by atoms with E-state index < -0.39 is 5.41 Å². The molecule has 162 valence electrons. The standard InChI is InChI=1S/C25H34N2O2S/c1-18(2)15-23(28)27-12-10-25(11-13-27,24(29)26-19(3)4)17-20-7-5-8-21(16-20)22-9-6-14-30-22/h5-9,14,16,18-19H,10-13,15,17H2,1-4H3,(H,26,29). The summed E-state index contributed by atoms with van der Waals surface area (Å²) >= 11 is 1.73. The van der Waals surface area contributed by atoms with Crippen molar-refractivity contribution < 1.29 is 9.59 Å². The highest BCUT2D eigenvalue weighted by Crippen LogP contribution is 2.37. The molecule has 0 atom stereocenters. The van der Waals surface area contributed by atoms with Crippen molar-refractivity contribution in [1.82, 2.24) is 10.2 Å². The molecule has 5 heteroatoms. The lowest BCUT2D eigenvalue weighted by Gasteiger charge is -2.41. The van der Waals surface area contributed by atoms with Crippen molar-refractivity contribution >= 4 is 23.2 Å². The summed E-state index contributed by atoms with van der Waals surface area (Å²) in [5, 5.41) is 5.24. The van der Waals surface area contributed by atoms with Crippen molar-refractivity contribution in [3.63, 3.8) is 0 Å². The summed E-state index contributed by atoms with van der Waals surface area (Å²) in [5.74, 6) is 0.686. The number of hydrogen-bond acceptors (Lipinski definition) is 3. The summed E-state index contributed by atoms with van der Waals surface area (Å²) in [5.41, 5.74) is 1.92. The quantitative estimate of drug-likeness (QED) is 0.667. The molecule has 1 fully saturated rings. The first-order valence-corrected chi connectivity index (χ1v) is 11.9. The molecule has 2 aromatic rings. The zero-order chi connectivity index (χ0) is 21.7. The number of nitrogens with zero attached hydrogens (tertiary/aromatic N) is 1. The van der Waals surface area contributed by atoms with Crippen LogP contribution in [-0.2, 0) is 16.0 Å². The molecule has 2 amide bonds. The van der Waals surface area contributed by atoms with Crippen LogP contribution in [0.2, 0.25) is 0 Å². The van der Waals surface area contributed by atoms with Crippen LogP contribution < -0.4 is 5.32 Å². The van der Waals surface area contributed by atoms with E-state index in [0.29, 0.717) is 44.7 Å². The Labute approximate surface area is 184 Å². The number of benzene rings is 1. The molecule has 1 saturated heterocycles. The number of hydrogen-bond donors (Lipinski definition) is 1. The fraction of sp³-hybridized carbons (Fsp3) is 0.520. The average Bonchev–Trinajstić information content (AvgIpc) is 3.22. The fourth-order valence-electron chi connectivity index (χ4n) is 4.23. The molecule has 2 heterocycles. The van der Waals surface area contributed by atoms with Gasteiger partial charge in [0.2, 0.25) is 11.8 Å². The number of rotatable bonds is 7. The van der Waals surface area contributed by atoms with Gasteiger partial charge in [0.1, 0.15) is 0 Å². The SMILES string of the molecule is CC(C)CC(=O)N1CCC(Cc2cccc(-c3cccs3)c2)(C(=O)NC(C)C)CC1. The van der Waals surface area contributed by atoms with E-state index in [-0.39, 0.29) is 17.9 Å². The Balaban J connectivity index is 1.80. The molecule has 1 N–H and O–H groups in total. The third kappa shape index (κ3) is 5.51. The zero-order valence-electron chi connectivity index (χ0n) is 18.6. The summed E-state index contributed by atoms with van der Waals surface area (Å²) in [6.45, 7) is 9.46. The Kier molecular flexibility index (Phi) is 7.35. The van der Waals surface area contributed by atoms with Crippen LogP contribution in [0.25, 0.3) is 10.4 Å². The van der Waals surface area contributed by atoms with Gasteiger partial charge in [0.15, 0.2) is 0 Å². The largest absolute Gasteiger partial charge is 0.353 e. The Morgan fingerprint density at radius 2 is 1.83 bits per heavy atom. The van der Waals surface area contributed by atoms with E-state index in [4.69, 9.17) is 0 Å². The summed E-state index contributed by atoms with van der Waals surface area (Å²) in [7, 11) is 0. The lowest BCUT2D eigenvalue weighted by Crippen LogP contribution is -2.52. The topological polar surface area (TPSA) is 49.4 Å². The lowest BCUT2D eigenvalue weighted by atomic mass is 9.72. The minimum absolute atomic E-state index is 0.104. The predicted octanol–water partition coefficient (Wildman–Crippen LogP) is 5.14. The molecule has 3 rings (SSSR count). The second-order valence-electron chi connectivity index (χ2n) is 9.24. The Bertz CT molecular complexity index is 850.